The highest BCUT2D eigenvalue weighted by molar-refractivity contribution is 7.10. The van der Waals surface area contributed by atoms with Crippen LogP contribution < -0.4 is 10.1 Å². The summed E-state index contributed by atoms with van der Waals surface area (Å²) >= 11 is 3.45. The molecule has 28 heavy (non-hydrogen) atoms. The molecule has 1 aliphatic heterocycles. The van der Waals surface area contributed by atoms with Gasteiger partial charge in [0, 0.05) is 29.5 Å². The van der Waals surface area contributed by atoms with Crippen molar-refractivity contribution in [3.63, 3.8) is 0 Å². The van der Waals surface area contributed by atoms with Crippen LogP contribution in [0.15, 0.2) is 47.3 Å². The first-order valence-electron chi connectivity index (χ1n) is 9.01. The molecule has 1 N–H and O–H groups in total. The van der Waals surface area contributed by atoms with E-state index in [9.17, 15) is 4.79 Å². The minimum atomic E-state index is -0.120. The predicted octanol–water partition coefficient (Wildman–Crippen LogP) is 4.41. The average Bonchev–Trinajstić information content (AvgIpc) is 3.40. The van der Waals surface area contributed by atoms with E-state index in [1.807, 2.05) is 11.0 Å². The number of methoxy groups -OCH3 is 1. The summed E-state index contributed by atoms with van der Waals surface area (Å²) in [6, 6.07) is 9.64. The molecule has 0 radical (unpaired) electrons. The Balaban J connectivity index is 1.48. The normalized spacial score (nSPS) is 15.9. The van der Waals surface area contributed by atoms with Crippen molar-refractivity contribution in [2.45, 2.75) is 12.5 Å². The number of nitrogens with zero attached hydrogens (tertiary/aromatic N) is 2. The molecule has 146 valence electrons. The molecule has 2 amide bonds. The van der Waals surface area contributed by atoms with Crippen LogP contribution in [0.25, 0.3) is 0 Å². The molecule has 4 heterocycles. The third-order valence-corrected chi connectivity index (χ3v) is 6.49. The van der Waals surface area contributed by atoms with E-state index in [2.05, 4.69) is 33.2 Å². The van der Waals surface area contributed by atoms with E-state index in [0.717, 1.165) is 6.42 Å². The predicted molar refractivity (Wildman–Crippen MR) is 112 cm³/mol. The lowest BCUT2D eigenvalue weighted by molar-refractivity contribution is 0.144. The highest BCUT2D eigenvalue weighted by atomic mass is 32.1. The van der Waals surface area contributed by atoms with Crippen LogP contribution in [0, 0.1) is 0 Å². The van der Waals surface area contributed by atoms with Crippen LogP contribution >= 0.6 is 22.7 Å². The number of hydrogen-bond donors (Lipinski definition) is 1. The highest BCUT2D eigenvalue weighted by Gasteiger charge is 2.33. The number of ether oxygens (including phenoxy) is 2. The third kappa shape index (κ3) is 4.04. The van der Waals surface area contributed by atoms with Crippen molar-refractivity contribution in [3.05, 3.63) is 62.6 Å². The summed E-state index contributed by atoms with van der Waals surface area (Å²) in [5.41, 5.74) is 1.87. The first kappa shape index (κ1) is 18.9. The van der Waals surface area contributed by atoms with Gasteiger partial charge in [0.25, 0.3) is 0 Å². The fraction of sp³-hybridized carbons (Fsp3) is 0.300. The number of nitrogens with one attached hydrogen (secondary N) is 1. The number of fused-ring (bicyclic) bond motifs is 1. The molecule has 0 fully saturated rings. The number of aromatic nitrogens is 1. The Morgan fingerprint density at radius 3 is 2.93 bits per heavy atom. The Bertz CT molecular complexity index is 909. The van der Waals surface area contributed by atoms with Crippen LogP contribution in [-0.4, -0.2) is 42.8 Å². The number of pyridine rings is 1. The second-order valence-corrected chi connectivity index (χ2v) is 8.30. The molecule has 1 aliphatic rings. The number of carbonyl (C=O) groups excluding carboxylic acids is 1. The summed E-state index contributed by atoms with van der Waals surface area (Å²) in [5, 5.41) is 7.14. The summed E-state index contributed by atoms with van der Waals surface area (Å²) in [7, 11) is 1.62. The molecule has 3 aromatic heterocycles. The van der Waals surface area contributed by atoms with E-state index in [0.29, 0.717) is 31.3 Å². The summed E-state index contributed by atoms with van der Waals surface area (Å²) in [5.74, 6) is 0.507. The van der Waals surface area contributed by atoms with Gasteiger partial charge in [-0.05, 0) is 40.9 Å². The molecule has 4 rings (SSSR count). The van der Waals surface area contributed by atoms with Crippen molar-refractivity contribution in [3.8, 4) is 5.88 Å². The summed E-state index contributed by atoms with van der Waals surface area (Å²) in [6.07, 6.45) is 2.49. The van der Waals surface area contributed by atoms with Crippen molar-refractivity contribution >= 4 is 34.4 Å². The largest absolute Gasteiger partial charge is 0.475 e. The lowest BCUT2D eigenvalue weighted by Crippen LogP contribution is -2.42. The maximum Gasteiger partial charge on any atom is 0.322 e. The maximum absolute atomic E-state index is 13.0. The fourth-order valence-corrected chi connectivity index (χ4v) is 5.01. The van der Waals surface area contributed by atoms with Crippen LogP contribution in [0.2, 0.25) is 0 Å². The molecular formula is C20H21N3O3S2. The topological polar surface area (TPSA) is 63.7 Å². The number of hydrogen-bond acceptors (Lipinski definition) is 6. The van der Waals surface area contributed by atoms with E-state index < -0.39 is 0 Å². The quantitative estimate of drug-likeness (QED) is 0.606. The van der Waals surface area contributed by atoms with Crippen molar-refractivity contribution in [2.24, 2.45) is 0 Å². The van der Waals surface area contributed by atoms with Crippen LogP contribution in [0.1, 0.15) is 21.4 Å². The second-order valence-electron chi connectivity index (χ2n) is 6.32. The molecule has 0 saturated heterocycles. The Labute approximate surface area is 171 Å². The summed E-state index contributed by atoms with van der Waals surface area (Å²) in [6.45, 7) is 1.63. The Hall–Kier alpha value is -2.42. The van der Waals surface area contributed by atoms with Crippen molar-refractivity contribution < 1.29 is 14.3 Å². The molecule has 8 heteroatoms. The Morgan fingerprint density at radius 1 is 1.25 bits per heavy atom. The zero-order valence-corrected chi connectivity index (χ0v) is 17.1. The summed E-state index contributed by atoms with van der Waals surface area (Å²) < 4.78 is 10.4. The monoisotopic (exact) mass is 415 g/mol. The number of amides is 2. The maximum atomic E-state index is 13.0. The molecule has 1 atom stereocenters. The number of thiophene rings is 2. The Kier molecular flexibility index (Phi) is 5.90. The molecule has 0 spiro atoms. The second kappa shape index (κ2) is 8.72. The number of carbonyl (C=O) groups is 1. The van der Waals surface area contributed by atoms with Gasteiger partial charge >= 0.3 is 6.03 Å². The van der Waals surface area contributed by atoms with Crippen LogP contribution in [0.3, 0.4) is 0 Å². The van der Waals surface area contributed by atoms with Crippen molar-refractivity contribution in [1.29, 1.82) is 0 Å². The zero-order valence-electron chi connectivity index (χ0n) is 15.5. The number of anilines is 1. The molecule has 6 nitrogen and oxygen atoms in total. The first-order chi connectivity index (χ1) is 13.8. The minimum Gasteiger partial charge on any atom is -0.475 e. The molecule has 0 saturated carbocycles. The first-order valence-corrected chi connectivity index (χ1v) is 10.8. The van der Waals surface area contributed by atoms with Crippen molar-refractivity contribution in [2.75, 3.05) is 32.2 Å². The fourth-order valence-electron chi connectivity index (χ4n) is 3.25. The third-order valence-electron chi connectivity index (χ3n) is 4.56. The number of urea groups is 1. The average molecular weight is 416 g/mol. The smallest absolute Gasteiger partial charge is 0.322 e. The van der Waals surface area contributed by atoms with Crippen LogP contribution in [0.4, 0.5) is 10.5 Å². The lowest BCUT2D eigenvalue weighted by atomic mass is 9.99. The molecule has 1 unspecified atom stereocenters. The van der Waals surface area contributed by atoms with Crippen LogP contribution in [0.5, 0.6) is 5.88 Å². The van der Waals surface area contributed by atoms with E-state index in [-0.39, 0.29) is 12.1 Å². The molecule has 3 aromatic rings. The van der Waals surface area contributed by atoms with E-state index in [1.54, 1.807) is 48.1 Å². The van der Waals surface area contributed by atoms with Gasteiger partial charge in [-0.1, -0.05) is 6.07 Å². The highest BCUT2D eigenvalue weighted by Crippen LogP contribution is 2.39. The van der Waals surface area contributed by atoms with E-state index in [1.165, 1.54) is 15.3 Å². The zero-order chi connectivity index (χ0) is 19.3. The van der Waals surface area contributed by atoms with Crippen molar-refractivity contribution in [1.82, 2.24) is 9.88 Å². The van der Waals surface area contributed by atoms with Gasteiger partial charge in [0.15, 0.2) is 0 Å². The van der Waals surface area contributed by atoms with Gasteiger partial charge in [-0.15, -0.1) is 22.7 Å². The lowest BCUT2D eigenvalue weighted by Gasteiger charge is -2.35. The summed E-state index contributed by atoms with van der Waals surface area (Å²) in [4.78, 5) is 21.7. The molecule has 0 bridgehead atoms. The van der Waals surface area contributed by atoms with Gasteiger partial charge < -0.3 is 19.7 Å². The van der Waals surface area contributed by atoms with Crippen LogP contribution in [-0.2, 0) is 11.2 Å². The van der Waals surface area contributed by atoms with Gasteiger partial charge in [0.05, 0.1) is 24.5 Å². The van der Waals surface area contributed by atoms with Gasteiger partial charge in [-0.2, -0.15) is 0 Å². The van der Waals surface area contributed by atoms with Gasteiger partial charge in [0.2, 0.25) is 5.88 Å². The number of rotatable bonds is 6. The van der Waals surface area contributed by atoms with E-state index >= 15 is 0 Å². The molecule has 0 aromatic carbocycles. The van der Waals surface area contributed by atoms with Gasteiger partial charge in [-0.3, -0.25) is 0 Å². The Morgan fingerprint density at radius 2 is 2.18 bits per heavy atom. The minimum absolute atomic E-state index is 0.0420. The van der Waals surface area contributed by atoms with E-state index in [4.69, 9.17) is 9.47 Å². The molecular weight excluding hydrogens is 394 g/mol. The SMILES string of the molecule is COCCOc1ccc(NC(=O)N2CCc3sccc3C2c2cccs2)cn1. The van der Waals surface area contributed by atoms with Gasteiger partial charge in [0.1, 0.15) is 6.61 Å². The molecule has 0 aliphatic carbocycles. The standard InChI is InChI=1S/C20H21N3O3S2/c1-25-9-10-26-18-5-4-14(13-21-18)22-20(24)23-8-6-16-15(7-12-28-16)19(23)17-3-2-11-27-17/h2-5,7,11-13,19H,6,8-10H2,1H3,(H,22,24). The van der Waals surface area contributed by atoms with Gasteiger partial charge in [-0.25, -0.2) is 9.78 Å².